The summed E-state index contributed by atoms with van der Waals surface area (Å²) in [7, 11) is 1.69. The summed E-state index contributed by atoms with van der Waals surface area (Å²) in [5.74, 6) is 0.932. The smallest absolute Gasteiger partial charge is 0.306 e. The first-order valence-corrected chi connectivity index (χ1v) is 25.6. The lowest BCUT2D eigenvalue weighted by molar-refractivity contribution is -0.149. The number of carbonyl (C=O) groups excluding carboxylic acids is 1. The van der Waals surface area contributed by atoms with Gasteiger partial charge in [0, 0.05) is 20.0 Å². The van der Waals surface area contributed by atoms with Gasteiger partial charge >= 0.3 is 5.97 Å². The number of ether oxygens (including phenoxy) is 1. The van der Waals surface area contributed by atoms with Crippen LogP contribution in [0.15, 0.2) is 9.59 Å². The number of hydrogen-bond donors (Lipinski definition) is 2. The van der Waals surface area contributed by atoms with Gasteiger partial charge in [-0.15, -0.1) is 0 Å². The van der Waals surface area contributed by atoms with E-state index < -0.39 is 10.9 Å². The average molecular weight is 816 g/mol. The van der Waals surface area contributed by atoms with Gasteiger partial charge in [-0.05, 0) is 70.5 Å². The van der Waals surface area contributed by atoms with Crippen molar-refractivity contribution >= 4 is 17.3 Å². The number of nitrogens with one attached hydrogen (secondary N) is 2. The van der Waals surface area contributed by atoms with Gasteiger partial charge < -0.3 is 20.3 Å². The van der Waals surface area contributed by atoms with Crippen molar-refractivity contribution in [3.63, 3.8) is 0 Å². The van der Waals surface area contributed by atoms with E-state index in [4.69, 9.17) is 4.74 Å². The summed E-state index contributed by atoms with van der Waals surface area (Å²) in [4.78, 5) is 38.9. The highest BCUT2D eigenvalue weighted by molar-refractivity contribution is 5.73. The Kier molecular flexibility index (Phi) is 36.6. The van der Waals surface area contributed by atoms with Crippen LogP contribution in [0.5, 0.6) is 0 Å². The third-order valence-corrected chi connectivity index (χ3v) is 12.6. The number of anilines is 2. The predicted molar refractivity (Wildman–Crippen MR) is 253 cm³/mol. The zero-order chi connectivity index (χ0) is 42.3. The quantitative estimate of drug-likeness (QED) is 0.0385. The minimum absolute atomic E-state index is 0.00987. The van der Waals surface area contributed by atoms with E-state index in [9.17, 15) is 14.4 Å². The van der Waals surface area contributed by atoms with E-state index >= 15 is 0 Å². The maximum Gasteiger partial charge on any atom is 0.306 e. The molecule has 0 amide bonds. The van der Waals surface area contributed by atoms with E-state index in [1.807, 2.05) is 0 Å². The molecule has 2 N–H and O–H groups in total. The van der Waals surface area contributed by atoms with Gasteiger partial charge in [0.25, 0.3) is 10.9 Å². The molecule has 0 saturated heterocycles. The predicted octanol–water partition coefficient (Wildman–Crippen LogP) is 14.3. The third kappa shape index (κ3) is 28.6. The van der Waals surface area contributed by atoms with Gasteiger partial charge in [0.1, 0.15) is 17.5 Å². The molecule has 0 aliphatic carbocycles. The van der Waals surface area contributed by atoms with E-state index in [1.165, 1.54) is 173 Å². The normalized spacial score (nSPS) is 12.3. The summed E-state index contributed by atoms with van der Waals surface area (Å²) in [5, 5.41) is 6.08. The van der Waals surface area contributed by atoms with Crippen molar-refractivity contribution in [2.24, 2.45) is 5.92 Å². The molecule has 0 spiro atoms. The lowest BCUT2D eigenvalue weighted by Gasteiger charge is -2.23. The van der Waals surface area contributed by atoms with Crippen LogP contribution < -0.4 is 21.5 Å². The molecule has 58 heavy (non-hydrogen) atoms. The molecule has 0 saturated carbocycles. The van der Waals surface area contributed by atoms with Gasteiger partial charge in [0.15, 0.2) is 0 Å². The van der Waals surface area contributed by atoms with E-state index in [-0.39, 0.29) is 12.1 Å². The van der Waals surface area contributed by atoms with Crippen molar-refractivity contribution in [2.75, 3.05) is 43.9 Å². The van der Waals surface area contributed by atoms with Gasteiger partial charge in [0.2, 0.25) is 0 Å². The molecule has 0 heterocycles. The second kappa shape index (κ2) is 39.3. The molecule has 0 aliphatic heterocycles. The van der Waals surface area contributed by atoms with Crippen LogP contribution >= 0.6 is 0 Å². The Morgan fingerprint density at radius 2 is 0.897 bits per heavy atom. The Balaban J connectivity index is 2.41. The number of rotatable bonds is 45. The highest BCUT2D eigenvalue weighted by atomic mass is 16.5. The summed E-state index contributed by atoms with van der Waals surface area (Å²) in [6, 6.07) is 0. The maximum absolute atomic E-state index is 12.5. The van der Waals surface area contributed by atoms with Crippen LogP contribution in [0.1, 0.15) is 252 Å². The fourth-order valence-electron chi connectivity index (χ4n) is 8.69. The molecule has 7 heteroatoms. The van der Waals surface area contributed by atoms with Crippen LogP contribution in [0, 0.1) is 5.92 Å². The van der Waals surface area contributed by atoms with Crippen LogP contribution in [0.3, 0.4) is 0 Å². The standard InChI is InChI=1S/C51H97N3O4/c1-6-10-13-16-21-28-36-45(37-29-22-17-14-11-7-2)38-30-23-19-26-33-42-54(44-35-41-53-49-48(52-5)50(56)51(49)57)43-34-27-20-25-32-40-47(55)58-46(9-4)39-31-24-18-15-12-8-3/h45-46,52-53H,6-44H2,1-5H3. The van der Waals surface area contributed by atoms with E-state index in [1.54, 1.807) is 7.05 Å². The largest absolute Gasteiger partial charge is 0.462 e. The van der Waals surface area contributed by atoms with E-state index in [0.29, 0.717) is 24.3 Å². The number of nitrogens with zero attached hydrogens (tertiary/aromatic N) is 1. The maximum atomic E-state index is 12.5. The first kappa shape index (κ1) is 54.1. The number of unbranched alkanes of at least 4 members (excludes halogenated alkanes) is 23. The monoisotopic (exact) mass is 816 g/mol. The lowest BCUT2D eigenvalue weighted by Crippen LogP contribution is -2.37. The summed E-state index contributed by atoms with van der Waals surface area (Å²) in [5.41, 5.74) is 0.0593. The van der Waals surface area contributed by atoms with Gasteiger partial charge in [0.05, 0.1) is 0 Å². The molecule has 7 nitrogen and oxygen atoms in total. The van der Waals surface area contributed by atoms with Crippen LogP contribution in [0.4, 0.5) is 11.4 Å². The van der Waals surface area contributed by atoms with Crippen molar-refractivity contribution in [1.82, 2.24) is 4.90 Å². The molecule has 0 bridgehead atoms. The van der Waals surface area contributed by atoms with Crippen molar-refractivity contribution in [1.29, 1.82) is 0 Å². The van der Waals surface area contributed by atoms with Gasteiger partial charge in [-0.3, -0.25) is 14.4 Å². The van der Waals surface area contributed by atoms with Crippen LogP contribution in [-0.2, 0) is 9.53 Å². The SMILES string of the molecule is CCCCCCCCC(CCCCCCCC)CCCCCCCN(CCCCCCCC(=O)OC(CC)CCCCCCCC)CCCNc1c(NC)c(=O)c1=O. The Bertz CT molecular complexity index is 1120. The average Bonchev–Trinajstić information content (AvgIpc) is 3.23. The summed E-state index contributed by atoms with van der Waals surface area (Å²) in [6.07, 6.45) is 44.6. The van der Waals surface area contributed by atoms with Crippen LogP contribution in [0.25, 0.3) is 0 Å². The molecule has 1 aromatic carbocycles. The number of carbonyl (C=O) groups is 1. The summed E-state index contributed by atoms with van der Waals surface area (Å²) < 4.78 is 5.82. The molecule has 0 aliphatic rings. The van der Waals surface area contributed by atoms with Gasteiger partial charge in [-0.1, -0.05) is 201 Å². The lowest BCUT2D eigenvalue weighted by atomic mass is 9.89. The van der Waals surface area contributed by atoms with Crippen molar-refractivity contribution in [3.8, 4) is 0 Å². The van der Waals surface area contributed by atoms with Crippen molar-refractivity contribution in [3.05, 3.63) is 20.4 Å². The molecule has 1 aromatic rings. The van der Waals surface area contributed by atoms with Crippen LogP contribution in [0.2, 0.25) is 0 Å². The molecule has 0 aromatic heterocycles. The molecule has 1 unspecified atom stereocenters. The van der Waals surface area contributed by atoms with Crippen LogP contribution in [-0.4, -0.2) is 50.2 Å². The Morgan fingerprint density at radius 3 is 1.36 bits per heavy atom. The summed E-state index contributed by atoms with van der Waals surface area (Å²) >= 11 is 0. The second-order valence-corrected chi connectivity index (χ2v) is 17.9. The minimum atomic E-state index is -0.414. The third-order valence-electron chi connectivity index (χ3n) is 12.6. The fourth-order valence-corrected chi connectivity index (χ4v) is 8.69. The molecule has 1 atom stereocenters. The molecular formula is C51H97N3O4. The highest BCUT2D eigenvalue weighted by Crippen LogP contribution is 2.25. The first-order valence-electron chi connectivity index (χ1n) is 25.6. The number of hydrogen-bond acceptors (Lipinski definition) is 7. The zero-order valence-corrected chi connectivity index (χ0v) is 39.3. The van der Waals surface area contributed by atoms with Gasteiger partial charge in [-0.25, -0.2) is 0 Å². The molecule has 0 fully saturated rings. The van der Waals surface area contributed by atoms with E-state index in [0.717, 1.165) is 70.5 Å². The molecule has 340 valence electrons. The molecule has 1 rings (SSSR count). The molecular weight excluding hydrogens is 719 g/mol. The zero-order valence-electron chi connectivity index (χ0n) is 39.3. The fraction of sp³-hybridized carbons (Fsp3) is 0.902. The van der Waals surface area contributed by atoms with Gasteiger partial charge in [-0.2, -0.15) is 0 Å². The van der Waals surface area contributed by atoms with Crippen molar-refractivity contribution in [2.45, 2.75) is 259 Å². The van der Waals surface area contributed by atoms with Crippen molar-refractivity contribution < 1.29 is 9.53 Å². The second-order valence-electron chi connectivity index (χ2n) is 17.9. The Hall–Kier alpha value is -1.89. The molecule has 0 radical (unpaired) electrons. The van der Waals surface area contributed by atoms with E-state index in [2.05, 4.69) is 43.2 Å². The number of esters is 1. The Morgan fingerprint density at radius 1 is 0.500 bits per heavy atom. The topological polar surface area (TPSA) is 87.7 Å². The Labute approximate surface area is 359 Å². The minimum Gasteiger partial charge on any atom is -0.462 e. The highest BCUT2D eigenvalue weighted by Gasteiger charge is 2.19. The summed E-state index contributed by atoms with van der Waals surface area (Å²) in [6.45, 7) is 12.9. The first-order chi connectivity index (χ1) is 28.4.